The van der Waals surface area contributed by atoms with E-state index < -0.39 is 0 Å². The summed E-state index contributed by atoms with van der Waals surface area (Å²) in [6, 6.07) is 3.28. The van der Waals surface area contributed by atoms with Gasteiger partial charge in [-0.05, 0) is 24.0 Å². The Hall–Kier alpha value is -1.29. The summed E-state index contributed by atoms with van der Waals surface area (Å²) in [5.74, 6) is -0.173. The van der Waals surface area contributed by atoms with E-state index in [1.165, 1.54) is 0 Å². The zero-order chi connectivity index (χ0) is 12.2. The lowest BCUT2D eigenvalue weighted by molar-refractivity contribution is 0.0893. The number of nitrogens with one attached hydrogen (secondary N) is 2. The molecule has 0 radical (unpaired) electrons. The van der Waals surface area contributed by atoms with Gasteiger partial charge in [0.2, 0.25) is 0 Å². The van der Waals surface area contributed by atoms with Crippen LogP contribution in [0.25, 0.3) is 0 Å². The average molecular weight is 224 g/mol. The number of carbonyl (C=O) groups is 1. The second-order valence-electron chi connectivity index (χ2n) is 5.20. The first-order valence-corrected chi connectivity index (χ1v) is 5.47. The van der Waals surface area contributed by atoms with E-state index in [0.29, 0.717) is 5.69 Å². The highest BCUT2D eigenvalue weighted by Gasteiger charge is 2.20. The van der Waals surface area contributed by atoms with Crippen molar-refractivity contribution in [2.45, 2.75) is 33.2 Å². The van der Waals surface area contributed by atoms with Gasteiger partial charge in [0.1, 0.15) is 5.69 Å². The van der Waals surface area contributed by atoms with Crippen LogP contribution in [0.3, 0.4) is 0 Å². The fraction of sp³-hybridized carbons (Fsp3) is 0.583. The highest BCUT2D eigenvalue weighted by Crippen LogP contribution is 2.20. The Balaban J connectivity index is 2.54. The minimum absolute atomic E-state index is 0.0380. The maximum atomic E-state index is 11.7. The summed E-state index contributed by atoms with van der Waals surface area (Å²) in [6.07, 6.45) is 2.45. The lowest BCUT2D eigenvalue weighted by atomic mass is 9.88. The van der Waals surface area contributed by atoms with E-state index in [0.717, 1.165) is 6.42 Å². The maximum absolute atomic E-state index is 11.7. The molecule has 90 valence electrons. The minimum atomic E-state index is -0.198. The molecule has 0 saturated heterocycles. The molecule has 3 N–H and O–H groups in total. The van der Waals surface area contributed by atoms with Crippen molar-refractivity contribution in [3.63, 3.8) is 0 Å². The van der Waals surface area contributed by atoms with Crippen molar-refractivity contribution in [3.8, 4) is 0 Å². The zero-order valence-corrected chi connectivity index (χ0v) is 10.1. The first-order chi connectivity index (χ1) is 7.42. The Morgan fingerprint density at radius 3 is 2.69 bits per heavy atom. The van der Waals surface area contributed by atoms with Gasteiger partial charge in [0.05, 0.1) is 12.6 Å². The van der Waals surface area contributed by atoms with Crippen LogP contribution in [0, 0.1) is 5.41 Å². The molecule has 16 heavy (non-hydrogen) atoms. The summed E-state index contributed by atoms with van der Waals surface area (Å²) in [5, 5.41) is 12.0. The molecule has 1 rings (SSSR count). The molecule has 1 amide bonds. The first kappa shape index (κ1) is 12.8. The number of aromatic nitrogens is 1. The lowest BCUT2D eigenvalue weighted by Crippen LogP contribution is -2.40. The van der Waals surface area contributed by atoms with Gasteiger partial charge in [-0.25, -0.2) is 0 Å². The topological polar surface area (TPSA) is 65.1 Å². The smallest absolute Gasteiger partial charge is 0.267 e. The second kappa shape index (κ2) is 5.16. The van der Waals surface area contributed by atoms with E-state index in [9.17, 15) is 9.90 Å². The van der Waals surface area contributed by atoms with Gasteiger partial charge in [-0.1, -0.05) is 20.8 Å². The van der Waals surface area contributed by atoms with Gasteiger partial charge in [0.25, 0.3) is 5.91 Å². The van der Waals surface area contributed by atoms with Crippen LogP contribution >= 0.6 is 0 Å². The largest absolute Gasteiger partial charge is 0.394 e. The van der Waals surface area contributed by atoms with Crippen molar-refractivity contribution in [2.24, 2.45) is 5.41 Å². The molecule has 1 atom stereocenters. The monoisotopic (exact) mass is 224 g/mol. The third kappa shape index (κ3) is 4.06. The van der Waals surface area contributed by atoms with Crippen molar-refractivity contribution in [2.75, 3.05) is 6.61 Å². The molecule has 0 aromatic carbocycles. The second-order valence-corrected chi connectivity index (χ2v) is 5.20. The van der Waals surface area contributed by atoms with E-state index in [1.54, 1.807) is 18.3 Å². The molecule has 0 saturated carbocycles. The van der Waals surface area contributed by atoms with Crippen LogP contribution in [0.5, 0.6) is 0 Å². The summed E-state index contributed by atoms with van der Waals surface area (Å²) in [6.45, 7) is 6.20. The Bertz CT molecular complexity index is 325. The minimum Gasteiger partial charge on any atom is -0.394 e. The van der Waals surface area contributed by atoms with E-state index in [4.69, 9.17) is 0 Å². The quantitative estimate of drug-likeness (QED) is 0.726. The van der Waals surface area contributed by atoms with Crippen LogP contribution in [-0.4, -0.2) is 28.6 Å². The number of carbonyl (C=O) groups excluding carboxylic acids is 1. The molecule has 1 aromatic heterocycles. The fourth-order valence-electron chi connectivity index (χ4n) is 1.64. The molecule has 0 aliphatic carbocycles. The summed E-state index contributed by atoms with van der Waals surface area (Å²) in [7, 11) is 0. The summed E-state index contributed by atoms with van der Waals surface area (Å²) >= 11 is 0. The fourth-order valence-corrected chi connectivity index (χ4v) is 1.64. The van der Waals surface area contributed by atoms with Crippen LogP contribution < -0.4 is 5.32 Å². The van der Waals surface area contributed by atoms with Gasteiger partial charge in [-0.15, -0.1) is 0 Å². The van der Waals surface area contributed by atoms with Gasteiger partial charge in [-0.3, -0.25) is 4.79 Å². The number of rotatable bonds is 4. The highest BCUT2D eigenvalue weighted by atomic mass is 16.3. The first-order valence-electron chi connectivity index (χ1n) is 5.47. The Morgan fingerprint density at radius 1 is 1.56 bits per heavy atom. The van der Waals surface area contributed by atoms with Gasteiger partial charge in [0.15, 0.2) is 0 Å². The van der Waals surface area contributed by atoms with E-state index in [-0.39, 0.29) is 24.0 Å². The van der Waals surface area contributed by atoms with E-state index >= 15 is 0 Å². The zero-order valence-electron chi connectivity index (χ0n) is 10.1. The molecule has 1 heterocycles. The third-order valence-electron chi connectivity index (χ3n) is 2.26. The molecule has 4 nitrogen and oxygen atoms in total. The van der Waals surface area contributed by atoms with Gasteiger partial charge >= 0.3 is 0 Å². The van der Waals surface area contributed by atoms with Crippen LogP contribution in [-0.2, 0) is 0 Å². The van der Waals surface area contributed by atoms with Crippen molar-refractivity contribution in [3.05, 3.63) is 24.0 Å². The normalized spacial score (nSPS) is 13.5. The van der Waals surface area contributed by atoms with Gasteiger partial charge in [-0.2, -0.15) is 0 Å². The molecule has 0 bridgehead atoms. The summed E-state index contributed by atoms with van der Waals surface area (Å²) in [4.78, 5) is 14.5. The molecular formula is C12H20N2O2. The Morgan fingerprint density at radius 2 is 2.25 bits per heavy atom. The summed E-state index contributed by atoms with van der Waals surface area (Å²) in [5.41, 5.74) is 0.600. The van der Waals surface area contributed by atoms with E-state index in [2.05, 4.69) is 31.1 Å². The summed E-state index contributed by atoms with van der Waals surface area (Å²) < 4.78 is 0. The van der Waals surface area contributed by atoms with Crippen LogP contribution in [0.1, 0.15) is 37.7 Å². The number of hydrogen-bond acceptors (Lipinski definition) is 2. The molecule has 0 aliphatic heterocycles. The standard InChI is InChI=1S/C12H20N2O2/c1-12(2,3)7-9(8-15)14-11(16)10-5-4-6-13-10/h4-6,9,13,15H,7-8H2,1-3H3,(H,14,16). The molecule has 0 spiro atoms. The molecule has 4 heteroatoms. The van der Waals surface area contributed by atoms with Gasteiger partial charge < -0.3 is 15.4 Å². The predicted molar refractivity (Wildman–Crippen MR) is 63.2 cm³/mol. The molecule has 0 fully saturated rings. The van der Waals surface area contributed by atoms with E-state index in [1.807, 2.05) is 0 Å². The molecular weight excluding hydrogens is 204 g/mol. The maximum Gasteiger partial charge on any atom is 0.267 e. The number of amides is 1. The number of H-pyrrole nitrogens is 1. The van der Waals surface area contributed by atoms with Crippen molar-refractivity contribution in [1.82, 2.24) is 10.3 Å². The van der Waals surface area contributed by atoms with Crippen molar-refractivity contribution in [1.29, 1.82) is 0 Å². The predicted octanol–water partition coefficient (Wildman–Crippen LogP) is 1.54. The molecule has 1 unspecified atom stereocenters. The van der Waals surface area contributed by atoms with Crippen LogP contribution in [0.15, 0.2) is 18.3 Å². The number of aliphatic hydroxyl groups is 1. The number of aromatic amines is 1. The third-order valence-corrected chi connectivity index (χ3v) is 2.26. The molecule has 1 aromatic rings. The Labute approximate surface area is 96.1 Å². The van der Waals surface area contributed by atoms with Crippen molar-refractivity contribution >= 4 is 5.91 Å². The Kier molecular flexibility index (Phi) is 4.12. The lowest BCUT2D eigenvalue weighted by Gasteiger charge is -2.25. The van der Waals surface area contributed by atoms with Crippen LogP contribution in [0.4, 0.5) is 0 Å². The number of aliphatic hydroxyl groups excluding tert-OH is 1. The van der Waals surface area contributed by atoms with Gasteiger partial charge in [0, 0.05) is 6.20 Å². The number of hydrogen-bond donors (Lipinski definition) is 3. The highest BCUT2D eigenvalue weighted by molar-refractivity contribution is 5.92. The molecule has 0 aliphatic rings. The average Bonchev–Trinajstić information content (AvgIpc) is 2.67. The van der Waals surface area contributed by atoms with Crippen LogP contribution in [0.2, 0.25) is 0 Å². The van der Waals surface area contributed by atoms with Crippen molar-refractivity contribution < 1.29 is 9.90 Å². The SMILES string of the molecule is CC(C)(C)CC(CO)NC(=O)c1ccc[nH]1.